The second-order valence-corrected chi connectivity index (χ2v) is 4.77. The van der Waals surface area contributed by atoms with E-state index < -0.39 is 0 Å². The first kappa shape index (κ1) is 12.9. The lowest BCUT2D eigenvalue weighted by molar-refractivity contribution is -0.117. The molecule has 1 aromatic rings. The molecule has 0 radical (unpaired) electrons. The summed E-state index contributed by atoms with van der Waals surface area (Å²) in [7, 11) is 0. The van der Waals surface area contributed by atoms with Crippen LogP contribution in [0.3, 0.4) is 0 Å². The number of carbonyl (C=O) groups excluding carboxylic acids is 1. The molecule has 1 aliphatic rings. The number of aryl methyl sites for hydroxylation is 1. The molecule has 0 saturated heterocycles. The van der Waals surface area contributed by atoms with E-state index in [0.29, 0.717) is 5.76 Å². The first-order chi connectivity index (χ1) is 8.69. The third kappa shape index (κ3) is 3.23. The number of amides is 1. The Kier molecular flexibility index (Phi) is 4.20. The molecule has 4 heteroatoms. The third-order valence-corrected chi connectivity index (χ3v) is 3.38. The Hall–Kier alpha value is -1.55. The van der Waals surface area contributed by atoms with Gasteiger partial charge in [-0.2, -0.15) is 0 Å². The van der Waals surface area contributed by atoms with Gasteiger partial charge in [-0.25, -0.2) is 0 Å². The van der Waals surface area contributed by atoms with Crippen LogP contribution in [0.25, 0.3) is 6.08 Å². The van der Waals surface area contributed by atoms with Crippen molar-refractivity contribution in [1.82, 2.24) is 5.32 Å². The van der Waals surface area contributed by atoms with Crippen LogP contribution in [-0.2, 0) is 4.79 Å². The van der Waals surface area contributed by atoms with E-state index in [9.17, 15) is 9.90 Å². The smallest absolute Gasteiger partial charge is 0.244 e. The van der Waals surface area contributed by atoms with E-state index in [-0.39, 0.29) is 24.5 Å². The Morgan fingerprint density at radius 1 is 1.56 bits per heavy atom. The first-order valence-electron chi connectivity index (χ1n) is 6.35. The van der Waals surface area contributed by atoms with E-state index in [0.717, 1.165) is 25.0 Å². The highest BCUT2D eigenvalue weighted by molar-refractivity contribution is 5.91. The predicted octanol–water partition coefficient (Wildman–Crippen LogP) is 1.88. The second kappa shape index (κ2) is 5.87. The van der Waals surface area contributed by atoms with Gasteiger partial charge in [0, 0.05) is 24.6 Å². The summed E-state index contributed by atoms with van der Waals surface area (Å²) in [4.78, 5) is 11.7. The van der Waals surface area contributed by atoms with Gasteiger partial charge in [-0.05, 0) is 38.0 Å². The van der Waals surface area contributed by atoms with Gasteiger partial charge >= 0.3 is 0 Å². The summed E-state index contributed by atoms with van der Waals surface area (Å²) in [5, 5.41) is 12.1. The summed E-state index contributed by atoms with van der Waals surface area (Å²) < 4.78 is 5.34. The Balaban J connectivity index is 1.86. The zero-order valence-corrected chi connectivity index (χ0v) is 10.6. The van der Waals surface area contributed by atoms with Crippen LogP contribution in [0.4, 0.5) is 0 Å². The topological polar surface area (TPSA) is 62.5 Å². The van der Waals surface area contributed by atoms with Crippen molar-refractivity contribution in [2.24, 2.45) is 5.92 Å². The normalized spacial score (nSPS) is 23.7. The minimum atomic E-state index is -0.130. The van der Waals surface area contributed by atoms with Crippen LogP contribution < -0.4 is 5.32 Å². The molecule has 4 nitrogen and oxygen atoms in total. The van der Waals surface area contributed by atoms with Crippen LogP contribution in [0.1, 0.15) is 30.8 Å². The van der Waals surface area contributed by atoms with Crippen molar-refractivity contribution in [3.05, 3.63) is 29.7 Å². The minimum absolute atomic E-state index is 0.102. The molecule has 2 unspecified atom stereocenters. The highest BCUT2D eigenvalue weighted by Gasteiger charge is 2.27. The zero-order chi connectivity index (χ0) is 13.0. The molecule has 98 valence electrons. The highest BCUT2D eigenvalue weighted by atomic mass is 16.3. The summed E-state index contributed by atoms with van der Waals surface area (Å²) in [5.74, 6) is 1.57. The van der Waals surface area contributed by atoms with Gasteiger partial charge in [-0.3, -0.25) is 4.79 Å². The molecule has 18 heavy (non-hydrogen) atoms. The molecule has 0 aliphatic heterocycles. The van der Waals surface area contributed by atoms with Crippen LogP contribution in [0.15, 0.2) is 22.6 Å². The van der Waals surface area contributed by atoms with Gasteiger partial charge in [0.25, 0.3) is 0 Å². The van der Waals surface area contributed by atoms with Gasteiger partial charge < -0.3 is 14.8 Å². The molecule has 1 heterocycles. The van der Waals surface area contributed by atoms with Crippen LogP contribution in [0.5, 0.6) is 0 Å². The summed E-state index contributed by atoms with van der Waals surface area (Å²) in [6.07, 6.45) is 6.14. The van der Waals surface area contributed by atoms with Crippen molar-refractivity contribution in [2.75, 3.05) is 6.61 Å². The summed E-state index contributed by atoms with van der Waals surface area (Å²) in [6, 6.07) is 3.78. The number of aliphatic hydroxyl groups is 1. The maximum absolute atomic E-state index is 11.7. The Morgan fingerprint density at radius 2 is 2.39 bits per heavy atom. The van der Waals surface area contributed by atoms with Crippen LogP contribution in [0.2, 0.25) is 0 Å². The minimum Gasteiger partial charge on any atom is -0.462 e. The lowest BCUT2D eigenvalue weighted by atomic mass is 10.1. The number of furan rings is 1. The quantitative estimate of drug-likeness (QED) is 0.801. The molecule has 1 aromatic heterocycles. The average molecular weight is 249 g/mol. The van der Waals surface area contributed by atoms with E-state index in [1.54, 1.807) is 6.08 Å². The fourth-order valence-electron chi connectivity index (χ4n) is 2.38. The van der Waals surface area contributed by atoms with Gasteiger partial charge in [0.15, 0.2) is 0 Å². The highest BCUT2D eigenvalue weighted by Crippen LogP contribution is 2.24. The van der Waals surface area contributed by atoms with Crippen LogP contribution in [0, 0.1) is 12.8 Å². The fraction of sp³-hybridized carbons (Fsp3) is 0.500. The maximum Gasteiger partial charge on any atom is 0.244 e. The first-order valence-corrected chi connectivity index (χ1v) is 6.35. The van der Waals surface area contributed by atoms with E-state index in [2.05, 4.69) is 5.32 Å². The van der Waals surface area contributed by atoms with E-state index >= 15 is 0 Å². The molecule has 1 amide bonds. The Bertz CT molecular complexity index is 436. The van der Waals surface area contributed by atoms with Crippen molar-refractivity contribution in [1.29, 1.82) is 0 Å². The number of carbonyl (C=O) groups is 1. The molecule has 0 spiro atoms. The predicted molar refractivity (Wildman–Crippen MR) is 68.8 cm³/mol. The Labute approximate surface area is 107 Å². The number of rotatable bonds is 4. The van der Waals surface area contributed by atoms with Crippen molar-refractivity contribution in [2.45, 2.75) is 32.2 Å². The largest absolute Gasteiger partial charge is 0.462 e. The molecule has 1 saturated carbocycles. The number of hydrogen-bond donors (Lipinski definition) is 2. The fourth-order valence-corrected chi connectivity index (χ4v) is 2.38. The lowest BCUT2D eigenvalue weighted by Gasteiger charge is -2.17. The summed E-state index contributed by atoms with van der Waals surface area (Å²) >= 11 is 0. The second-order valence-electron chi connectivity index (χ2n) is 4.77. The number of nitrogens with one attached hydrogen (secondary N) is 1. The van der Waals surface area contributed by atoms with Crippen molar-refractivity contribution < 1.29 is 14.3 Å². The van der Waals surface area contributed by atoms with Gasteiger partial charge in [-0.1, -0.05) is 6.42 Å². The molecular weight excluding hydrogens is 230 g/mol. The lowest BCUT2D eigenvalue weighted by Crippen LogP contribution is -2.37. The summed E-state index contributed by atoms with van der Waals surface area (Å²) in [5.41, 5.74) is 0. The number of hydrogen-bond acceptors (Lipinski definition) is 3. The molecule has 0 bridgehead atoms. The van der Waals surface area contributed by atoms with E-state index in [1.807, 2.05) is 19.1 Å². The maximum atomic E-state index is 11.7. The van der Waals surface area contributed by atoms with E-state index in [4.69, 9.17) is 4.42 Å². The van der Waals surface area contributed by atoms with Crippen molar-refractivity contribution in [3.63, 3.8) is 0 Å². The van der Waals surface area contributed by atoms with Gasteiger partial charge in [-0.15, -0.1) is 0 Å². The monoisotopic (exact) mass is 249 g/mol. The van der Waals surface area contributed by atoms with Crippen molar-refractivity contribution >= 4 is 12.0 Å². The molecule has 0 aromatic carbocycles. The van der Waals surface area contributed by atoms with E-state index in [1.165, 1.54) is 6.08 Å². The van der Waals surface area contributed by atoms with Crippen LogP contribution >= 0.6 is 0 Å². The molecule has 2 N–H and O–H groups in total. The van der Waals surface area contributed by atoms with Crippen LogP contribution in [-0.4, -0.2) is 23.7 Å². The molecule has 1 fully saturated rings. The zero-order valence-electron chi connectivity index (χ0n) is 10.6. The van der Waals surface area contributed by atoms with Crippen molar-refractivity contribution in [3.8, 4) is 0 Å². The molecular formula is C14H19NO3. The number of aliphatic hydroxyl groups excluding tert-OH is 1. The molecule has 1 aliphatic carbocycles. The SMILES string of the molecule is Cc1ccc(/C=C/C(=O)NC2CCCC2CO)o1. The molecule has 2 atom stereocenters. The Morgan fingerprint density at radius 3 is 3.06 bits per heavy atom. The third-order valence-electron chi connectivity index (χ3n) is 3.38. The standard InChI is InChI=1S/C14H19NO3/c1-10-5-6-12(18-10)7-8-14(17)15-13-4-2-3-11(13)9-16/h5-8,11,13,16H,2-4,9H2,1H3,(H,15,17)/b8-7+. The summed E-state index contributed by atoms with van der Waals surface area (Å²) in [6.45, 7) is 2.01. The van der Waals surface area contributed by atoms with Gasteiger partial charge in [0.05, 0.1) is 0 Å². The van der Waals surface area contributed by atoms with Gasteiger partial charge in [0.2, 0.25) is 5.91 Å². The average Bonchev–Trinajstić information content (AvgIpc) is 2.95. The van der Waals surface area contributed by atoms with Gasteiger partial charge in [0.1, 0.15) is 11.5 Å². The molecule has 2 rings (SSSR count).